The first-order valence-electron chi connectivity index (χ1n) is 8.86. The molecule has 0 radical (unpaired) electrons. The molecule has 1 aromatic carbocycles. The maximum Gasteiger partial charge on any atom is 0.353 e. The Kier molecular flexibility index (Phi) is 5.29. The first kappa shape index (κ1) is 19.8. The molecule has 0 saturated heterocycles. The van der Waals surface area contributed by atoms with E-state index < -0.39 is 0 Å². The molecule has 3 heterocycles. The van der Waals surface area contributed by atoms with Gasteiger partial charge in [-0.05, 0) is 47.3 Å². The standard InChI is InChI=1S/C19H16Cl3N5O2/c1-2-26-13(7-11-3-4-12(20)8-14(11)21)9-25(19(26)28)10-17-23-15-5-6-16(22)27(29)18(15)24-17/h3-6,8-9H,2,7,10H2,1H3,(H,23,24). The van der Waals surface area contributed by atoms with Gasteiger partial charge < -0.3 is 10.2 Å². The maximum atomic E-state index is 12.8. The smallest absolute Gasteiger partial charge is 0.353 e. The summed E-state index contributed by atoms with van der Waals surface area (Å²) >= 11 is 18.1. The van der Waals surface area contributed by atoms with Gasteiger partial charge in [0.25, 0.3) is 0 Å². The average Bonchev–Trinajstić information content (AvgIpc) is 3.22. The van der Waals surface area contributed by atoms with Crippen LogP contribution in [-0.4, -0.2) is 19.1 Å². The summed E-state index contributed by atoms with van der Waals surface area (Å²) in [5.41, 5.74) is 2.27. The van der Waals surface area contributed by atoms with Crippen LogP contribution in [0.2, 0.25) is 15.2 Å². The second kappa shape index (κ2) is 7.74. The second-order valence-electron chi connectivity index (χ2n) is 6.56. The second-order valence-corrected chi connectivity index (χ2v) is 7.79. The van der Waals surface area contributed by atoms with Gasteiger partial charge in [0.15, 0.2) is 5.15 Å². The number of aromatic amines is 1. The molecule has 10 heteroatoms. The van der Waals surface area contributed by atoms with Gasteiger partial charge in [0.1, 0.15) is 12.1 Å². The maximum absolute atomic E-state index is 12.8. The van der Waals surface area contributed by atoms with Gasteiger partial charge in [-0.25, -0.2) is 9.52 Å². The Labute approximate surface area is 180 Å². The number of halogens is 3. The number of aromatic nitrogens is 5. The van der Waals surface area contributed by atoms with Crippen molar-refractivity contribution in [2.45, 2.75) is 26.4 Å². The highest BCUT2D eigenvalue weighted by Crippen LogP contribution is 2.23. The van der Waals surface area contributed by atoms with Crippen LogP contribution < -0.4 is 10.4 Å². The van der Waals surface area contributed by atoms with E-state index in [-0.39, 0.29) is 23.0 Å². The van der Waals surface area contributed by atoms with E-state index in [2.05, 4.69) is 9.97 Å². The zero-order valence-corrected chi connectivity index (χ0v) is 17.6. The summed E-state index contributed by atoms with van der Waals surface area (Å²) in [5, 5.41) is 13.2. The van der Waals surface area contributed by atoms with Crippen LogP contribution >= 0.6 is 34.8 Å². The molecule has 4 rings (SSSR count). The van der Waals surface area contributed by atoms with Gasteiger partial charge >= 0.3 is 11.3 Å². The Morgan fingerprint density at radius 1 is 1.21 bits per heavy atom. The third-order valence-electron chi connectivity index (χ3n) is 4.69. The minimum absolute atomic E-state index is 0.0342. The number of nitrogens with one attached hydrogen (secondary N) is 1. The predicted molar refractivity (Wildman–Crippen MR) is 113 cm³/mol. The number of rotatable bonds is 5. The first-order valence-corrected chi connectivity index (χ1v) is 10.00. The molecule has 3 aromatic heterocycles. The van der Waals surface area contributed by atoms with E-state index in [9.17, 15) is 10.0 Å². The van der Waals surface area contributed by atoms with Crippen molar-refractivity contribution >= 4 is 46.0 Å². The fraction of sp³-hybridized carbons (Fsp3) is 0.211. The van der Waals surface area contributed by atoms with Gasteiger partial charge in [-0.2, -0.15) is 0 Å². The Bertz CT molecular complexity index is 1280. The fourth-order valence-electron chi connectivity index (χ4n) is 3.29. The van der Waals surface area contributed by atoms with E-state index in [1.807, 2.05) is 13.0 Å². The lowest BCUT2D eigenvalue weighted by molar-refractivity contribution is -0.576. The Morgan fingerprint density at radius 3 is 2.72 bits per heavy atom. The molecule has 0 aliphatic rings. The summed E-state index contributed by atoms with van der Waals surface area (Å²) in [6.45, 7) is 2.62. The number of pyridine rings is 1. The Morgan fingerprint density at radius 2 is 2.00 bits per heavy atom. The largest absolute Gasteiger partial charge is 0.709 e. The number of hydrogen-bond donors (Lipinski definition) is 1. The van der Waals surface area contributed by atoms with E-state index in [0.29, 0.717) is 39.1 Å². The molecule has 0 aliphatic heterocycles. The van der Waals surface area contributed by atoms with E-state index >= 15 is 0 Å². The van der Waals surface area contributed by atoms with E-state index in [4.69, 9.17) is 34.8 Å². The third kappa shape index (κ3) is 3.73. The van der Waals surface area contributed by atoms with Gasteiger partial charge in [0.05, 0.1) is 0 Å². The topological polar surface area (TPSA) is 82.5 Å². The van der Waals surface area contributed by atoms with Crippen LogP contribution in [0, 0.1) is 5.21 Å². The molecule has 29 heavy (non-hydrogen) atoms. The predicted octanol–water partition coefficient (Wildman–Crippen LogP) is 3.78. The van der Waals surface area contributed by atoms with Crippen molar-refractivity contribution in [3.05, 3.63) is 84.5 Å². The lowest BCUT2D eigenvalue weighted by atomic mass is 10.1. The number of H-pyrrole nitrogens is 1. The van der Waals surface area contributed by atoms with Crippen LogP contribution in [-0.2, 0) is 19.5 Å². The SMILES string of the molecule is CCn1c(Cc2ccc(Cl)cc2Cl)cn(Cc2nc3c(ccc(Cl)[n+]3[O-])[nH]2)c1=O. The van der Waals surface area contributed by atoms with Crippen molar-refractivity contribution in [3.8, 4) is 0 Å². The van der Waals surface area contributed by atoms with Crippen LogP contribution in [0.5, 0.6) is 0 Å². The lowest BCUT2D eigenvalue weighted by Gasteiger charge is -2.06. The lowest BCUT2D eigenvalue weighted by Crippen LogP contribution is -2.28. The molecule has 0 atom stereocenters. The zero-order valence-electron chi connectivity index (χ0n) is 15.3. The number of benzene rings is 1. The zero-order chi connectivity index (χ0) is 20.7. The number of fused-ring (bicyclic) bond motifs is 1. The normalized spacial score (nSPS) is 11.4. The minimum Gasteiger partial charge on any atom is -0.709 e. The molecular formula is C19H16Cl3N5O2. The molecule has 150 valence electrons. The highest BCUT2D eigenvalue weighted by molar-refractivity contribution is 6.35. The summed E-state index contributed by atoms with van der Waals surface area (Å²) in [6.07, 6.45) is 2.27. The molecule has 7 nitrogen and oxygen atoms in total. The van der Waals surface area contributed by atoms with Gasteiger partial charge in [-0.1, -0.05) is 29.3 Å². The number of imidazole rings is 2. The van der Waals surface area contributed by atoms with Crippen LogP contribution in [0.1, 0.15) is 24.0 Å². The molecule has 0 bridgehead atoms. The summed E-state index contributed by atoms with van der Waals surface area (Å²) < 4.78 is 3.78. The van der Waals surface area contributed by atoms with Crippen LogP contribution in [0.4, 0.5) is 0 Å². The van der Waals surface area contributed by atoms with Gasteiger partial charge in [0.2, 0.25) is 5.82 Å². The number of hydrogen-bond acceptors (Lipinski definition) is 3. The molecular weight excluding hydrogens is 437 g/mol. The van der Waals surface area contributed by atoms with E-state index in [1.165, 1.54) is 6.07 Å². The summed E-state index contributed by atoms with van der Waals surface area (Å²) in [5.74, 6) is 0.485. The van der Waals surface area contributed by atoms with Crippen molar-refractivity contribution in [2.24, 2.45) is 0 Å². The van der Waals surface area contributed by atoms with Gasteiger partial charge in [-0.3, -0.25) is 9.13 Å². The molecule has 0 aliphatic carbocycles. The minimum atomic E-state index is -0.166. The molecule has 0 spiro atoms. The third-order valence-corrected chi connectivity index (χ3v) is 5.55. The van der Waals surface area contributed by atoms with E-state index in [0.717, 1.165) is 11.3 Å². The first-order chi connectivity index (χ1) is 13.9. The Hall–Kier alpha value is -2.48. The summed E-state index contributed by atoms with van der Waals surface area (Å²) in [4.78, 5) is 20.2. The highest BCUT2D eigenvalue weighted by atomic mass is 35.5. The molecule has 0 amide bonds. The molecule has 0 unspecified atom stereocenters. The van der Waals surface area contributed by atoms with Crippen molar-refractivity contribution in [2.75, 3.05) is 0 Å². The van der Waals surface area contributed by atoms with Crippen molar-refractivity contribution in [1.82, 2.24) is 19.1 Å². The van der Waals surface area contributed by atoms with Crippen LogP contribution in [0.3, 0.4) is 0 Å². The average molecular weight is 453 g/mol. The quantitative estimate of drug-likeness (QED) is 0.284. The van der Waals surface area contributed by atoms with Crippen LogP contribution in [0.25, 0.3) is 11.2 Å². The van der Waals surface area contributed by atoms with Crippen LogP contribution in [0.15, 0.2) is 41.3 Å². The van der Waals surface area contributed by atoms with Gasteiger partial charge in [-0.15, -0.1) is 0 Å². The van der Waals surface area contributed by atoms with Gasteiger partial charge in [0, 0.05) is 41.0 Å². The van der Waals surface area contributed by atoms with Crippen molar-refractivity contribution < 1.29 is 4.73 Å². The van der Waals surface area contributed by atoms with Crippen molar-refractivity contribution in [3.63, 3.8) is 0 Å². The summed E-state index contributed by atoms with van der Waals surface area (Å²) in [7, 11) is 0. The Balaban J connectivity index is 1.68. The summed E-state index contributed by atoms with van der Waals surface area (Å²) in [6, 6.07) is 8.47. The molecule has 4 aromatic rings. The van der Waals surface area contributed by atoms with Crippen molar-refractivity contribution in [1.29, 1.82) is 0 Å². The monoisotopic (exact) mass is 451 g/mol. The fourth-order valence-corrected chi connectivity index (χ4v) is 3.91. The molecule has 1 N–H and O–H groups in total. The molecule has 0 fully saturated rings. The number of nitrogens with zero attached hydrogens (tertiary/aromatic N) is 4. The highest BCUT2D eigenvalue weighted by Gasteiger charge is 2.18. The molecule has 0 saturated carbocycles. The van der Waals surface area contributed by atoms with E-state index in [1.54, 1.807) is 33.5 Å².